The summed E-state index contributed by atoms with van der Waals surface area (Å²) in [6.07, 6.45) is 1.84. The molecule has 3 aromatic rings. The summed E-state index contributed by atoms with van der Waals surface area (Å²) < 4.78 is 11.4. The van der Waals surface area contributed by atoms with Crippen LogP contribution in [0.1, 0.15) is 23.5 Å². The number of nitrogens with zero attached hydrogens (tertiary/aromatic N) is 3. The number of hydrogen-bond acceptors (Lipinski definition) is 6. The molecule has 1 atom stereocenters. The fraction of sp³-hybridized carbons (Fsp3) is 0.360. The zero-order valence-corrected chi connectivity index (χ0v) is 19.4. The molecule has 0 spiro atoms. The second-order valence-corrected chi connectivity index (χ2v) is 8.86. The van der Waals surface area contributed by atoms with Crippen molar-refractivity contribution in [3.63, 3.8) is 0 Å². The van der Waals surface area contributed by atoms with Gasteiger partial charge in [-0.3, -0.25) is 9.69 Å². The van der Waals surface area contributed by atoms with Crippen molar-refractivity contribution in [2.24, 2.45) is 0 Å². The SMILES string of the molecule is C[C@@H](c1nccs1)N(C)Cc1cc(-c2ccccc2)ccc1OCC(=O)N1CCOCC1. The minimum absolute atomic E-state index is 0.00380. The van der Waals surface area contributed by atoms with Crippen LogP contribution < -0.4 is 4.74 Å². The molecule has 0 unspecified atom stereocenters. The molecule has 1 amide bonds. The van der Waals surface area contributed by atoms with Gasteiger partial charge in [0.25, 0.3) is 5.91 Å². The molecule has 1 aliphatic heterocycles. The fourth-order valence-electron chi connectivity index (χ4n) is 3.73. The lowest BCUT2D eigenvalue weighted by Crippen LogP contribution is -2.43. The summed E-state index contributed by atoms with van der Waals surface area (Å²) >= 11 is 1.66. The van der Waals surface area contributed by atoms with E-state index in [1.54, 1.807) is 16.2 Å². The van der Waals surface area contributed by atoms with Crippen molar-refractivity contribution in [1.82, 2.24) is 14.8 Å². The van der Waals surface area contributed by atoms with Crippen LogP contribution in [0.4, 0.5) is 0 Å². The third kappa shape index (κ3) is 5.54. The minimum atomic E-state index is -0.00380. The van der Waals surface area contributed by atoms with Crippen molar-refractivity contribution >= 4 is 17.2 Å². The van der Waals surface area contributed by atoms with Crippen LogP contribution in [-0.4, -0.2) is 60.6 Å². The van der Waals surface area contributed by atoms with Gasteiger partial charge < -0.3 is 14.4 Å². The first-order chi connectivity index (χ1) is 15.6. The van der Waals surface area contributed by atoms with E-state index < -0.39 is 0 Å². The summed E-state index contributed by atoms with van der Waals surface area (Å²) in [7, 11) is 2.09. The maximum absolute atomic E-state index is 12.6. The largest absolute Gasteiger partial charge is 0.483 e. The van der Waals surface area contributed by atoms with Crippen molar-refractivity contribution in [3.8, 4) is 16.9 Å². The first-order valence-corrected chi connectivity index (χ1v) is 11.8. The van der Waals surface area contributed by atoms with E-state index in [1.807, 2.05) is 35.8 Å². The van der Waals surface area contributed by atoms with Gasteiger partial charge in [-0.05, 0) is 37.2 Å². The molecule has 1 aliphatic rings. The summed E-state index contributed by atoms with van der Waals surface area (Å²) in [6, 6.07) is 16.7. The van der Waals surface area contributed by atoms with Crippen molar-refractivity contribution < 1.29 is 14.3 Å². The van der Waals surface area contributed by atoms with Crippen molar-refractivity contribution in [2.75, 3.05) is 40.0 Å². The maximum atomic E-state index is 12.6. The Bertz CT molecular complexity index is 1000. The Kier molecular flexibility index (Phi) is 7.52. The first-order valence-electron chi connectivity index (χ1n) is 10.9. The summed E-state index contributed by atoms with van der Waals surface area (Å²) in [5.74, 6) is 0.736. The smallest absolute Gasteiger partial charge is 0.260 e. The normalized spacial score (nSPS) is 15.0. The molecule has 1 fully saturated rings. The lowest BCUT2D eigenvalue weighted by molar-refractivity contribution is -0.137. The van der Waals surface area contributed by atoms with Gasteiger partial charge in [-0.2, -0.15) is 0 Å². The molecular formula is C25H29N3O3S. The highest BCUT2D eigenvalue weighted by Crippen LogP contribution is 2.30. The Hall–Kier alpha value is -2.74. The van der Waals surface area contributed by atoms with E-state index in [9.17, 15) is 4.79 Å². The zero-order valence-electron chi connectivity index (χ0n) is 18.6. The topological polar surface area (TPSA) is 54.9 Å². The van der Waals surface area contributed by atoms with Crippen LogP contribution >= 0.6 is 11.3 Å². The molecule has 6 nitrogen and oxygen atoms in total. The Labute approximate surface area is 193 Å². The number of ether oxygens (including phenoxy) is 2. The highest BCUT2D eigenvalue weighted by Gasteiger charge is 2.20. The van der Waals surface area contributed by atoms with Gasteiger partial charge in [0.05, 0.1) is 19.3 Å². The molecule has 4 rings (SSSR count). The lowest BCUT2D eigenvalue weighted by atomic mass is 10.0. The van der Waals surface area contributed by atoms with Crippen LogP contribution in [0, 0.1) is 0 Å². The molecule has 7 heteroatoms. The Morgan fingerprint density at radius 2 is 1.97 bits per heavy atom. The highest BCUT2D eigenvalue weighted by molar-refractivity contribution is 7.09. The number of thiazole rings is 1. The standard InChI is InChI=1S/C25H29N3O3S/c1-19(25-26-10-15-32-25)27(2)17-22-16-21(20-6-4-3-5-7-20)8-9-23(22)31-18-24(29)28-11-13-30-14-12-28/h3-10,15-16,19H,11-14,17-18H2,1-2H3/t19-/m0/s1. The number of benzene rings is 2. The van der Waals surface area contributed by atoms with Gasteiger partial charge in [0.2, 0.25) is 0 Å². The number of hydrogen-bond donors (Lipinski definition) is 0. The molecule has 0 N–H and O–H groups in total. The molecule has 0 radical (unpaired) electrons. The van der Waals surface area contributed by atoms with E-state index in [0.717, 1.165) is 27.4 Å². The second kappa shape index (κ2) is 10.7. The van der Waals surface area contributed by atoms with Gasteiger partial charge in [-0.25, -0.2) is 4.98 Å². The summed E-state index contributed by atoms with van der Waals surface area (Å²) in [5.41, 5.74) is 3.33. The molecule has 0 bridgehead atoms. The van der Waals surface area contributed by atoms with Crippen LogP contribution in [0.5, 0.6) is 5.75 Å². The Morgan fingerprint density at radius 1 is 1.19 bits per heavy atom. The van der Waals surface area contributed by atoms with Gasteiger partial charge in [-0.1, -0.05) is 36.4 Å². The van der Waals surface area contributed by atoms with Crippen molar-refractivity contribution in [2.45, 2.75) is 19.5 Å². The van der Waals surface area contributed by atoms with Crippen LogP contribution in [0.3, 0.4) is 0 Å². The third-order valence-electron chi connectivity index (χ3n) is 5.77. The lowest BCUT2D eigenvalue weighted by Gasteiger charge is -2.27. The monoisotopic (exact) mass is 451 g/mol. The third-order valence-corrected chi connectivity index (χ3v) is 6.72. The van der Waals surface area contributed by atoms with E-state index in [0.29, 0.717) is 32.8 Å². The predicted molar refractivity (Wildman–Crippen MR) is 127 cm³/mol. The first kappa shape index (κ1) is 22.5. The van der Waals surface area contributed by atoms with E-state index >= 15 is 0 Å². The average Bonchev–Trinajstić information content (AvgIpc) is 3.38. The molecular weight excluding hydrogens is 422 g/mol. The molecule has 1 aromatic heterocycles. The minimum Gasteiger partial charge on any atom is -0.483 e. The van der Waals surface area contributed by atoms with Gasteiger partial charge in [0, 0.05) is 36.8 Å². The molecule has 168 valence electrons. The molecule has 32 heavy (non-hydrogen) atoms. The van der Waals surface area contributed by atoms with Crippen molar-refractivity contribution in [1.29, 1.82) is 0 Å². The van der Waals surface area contributed by atoms with Crippen LogP contribution in [0.2, 0.25) is 0 Å². The second-order valence-electron chi connectivity index (χ2n) is 7.93. The molecule has 1 saturated heterocycles. The van der Waals surface area contributed by atoms with E-state index in [2.05, 4.69) is 48.1 Å². The number of amides is 1. The van der Waals surface area contributed by atoms with Crippen molar-refractivity contribution in [3.05, 3.63) is 70.7 Å². The number of carbonyl (C=O) groups is 1. The number of aromatic nitrogens is 1. The number of morpholine rings is 1. The number of rotatable bonds is 8. The van der Waals surface area contributed by atoms with Gasteiger partial charge >= 0.3 is 0 Å². The van der Waals surface area contributed by atoms with E-state index in [4.69, 9.17) is 9.47 Å². The van der Waals surface area contributed by atoms with Crippen LogP contribution in [0.15, 0.2) is 60.1 Å². The van der Waals surface area contributed by atoms with E-state index in [1.165, 1.54) is 0 Å². The van der Waals surface area contributed by atoms with Crippen LogP contribution in [0.25, 0.3) is 11.1 Å². The van der Waals surface area contributed by atoms with E-state index in [-0.39, 0.29) is 18.6 Å². The fourth-order valence-corrected chi connectivity index (χ4v) is 4.49. The van der Waals surface area contributed by atoms with Gasteiger partial charge in [0.15, 0.2) is 6.61 Å². The maximum Gasteiger partial charge on any atom is 0.260 e. The molecule has 0 aliphatic carbocycles. The predicted octanol–water partition coefficient (Wildman–Crippen LogP) is 4.24. The zero-order chi connectivity index (χ0) is 22.3. The van der Waals surface area contributed by atoms with Crippen LogP contribution in [-0.2, 0) is 16.1 Å². The van der Waals surface area contributed by atoms with Gasteiger partial charge in [-0.15, -0.1) is 11.3 Å². The molecule has 0 saturated carbocycles. The molecule has 2 heterocycles. The highest BCUT2D eigenvalue weighted by atomic mass is 32.1. The quantitative estimate of drug-likeness (QED) is 0.513. The summed E-state index contributed by atoms with van der Waals surface area (Å²) in [5, 5.41) is 3.08. The number of carbonyl (C=O) groups excluding carboxylic acids is 1. The summed E-state index contributed by atoms with van der Waals surface area (Å²) in [4.78, 5) is 21.1. The molecule has 2 aromatic carbocycles. The average molecular weight is 452 g/mol. The Balaban J connectivity index is 1.53. The Morgan fingerprint density at radius 3 is 2.69 bits per heavy atom. The van der Waals surface area contributed by atoms with Gasteiger partial charge in [0.1, 0.15) is 10.8 Å². The summed E-state index contributed by atoms with van der Waals surface area (Å²) in [6.45, 7) is 5.28.